The molecule has 0 aliphatic rings. The van der Waals surface area contributed by atoms with Crippen LogP contribution in [0.15, 0.2) is 144 Å². The summed E-state index contributed by atoms with van der Waals surface area (Å²) in [5.74, 6) is 0.740. The maximum atomic E-state index is 8.55. The van der Waals surface area contributed by atoms with E-state index in [2.05, 4.69) is 114 Å². The van der Waals surface area contributed by atoms with Gasteiger partial charge >= 0.3 is 0 Å². The van der Waals surface area contributed by atoms with Gasteiger partial charge in [0.2, 0.25) is 0 Å². The summed E-state index contributed by atoms with van der Waals surface area (Å²) in [5.41, 5.74) is 8.10. The number of aromatic nitrogens is 3. The van der Waals surface area contributed by atoms with Crippen LogP contribution in [0.25, 0.3) is 72.1 Å². The van der Waals surface area contributed by atoms with E-state index in [1.165, 1.54) is 10.8 Å². The van der Waals surface area contributed by atoms with Crippen molar-refractivity contribution in [1.29, 1.82) is 0 Å². The molecule has 3 aromatic heterocycles. The molecule has 265 valence electrons. The Balaban J connectivity index is 0.000000179. The Kier molecular flexibility index (Phi) is 9.58. The second-order valence-corrected chi connectivity index (χ2v) is 19.5. The summed E-state index contributed by atoms with van der Waals surface area (Å²) >= 11 is 0. The van der Waals surface area contributed by atoms with Gasteiger partial charge in [-0.25, -0.2) is 0 Å². The molecular weight excluding hydrogens is 843 g/mol. The number of pyridine rings is 1. The van der Waals surface area contributed by atoms with E-state index >= 15 is 0 Å². The molecule has 6 heteroatoms. The number of para-hydroxylation sites is 3. The topological polar surface area (TPSA) is 43.9 Å². The zero-order chi connectivity index (χ0) is 37.6. The Hall–Kier alpha value is -5.13. The van der Waals surface area contributed by atoms with Crippen LogP contribution in [0.5, 0.6) is 0 Å². The Morgan fingerprint density at radius 2 is 1.53 bits per heavy atom. The maximum Gasteiger partial charge on any atom is 0.120 e. The fourth-order valence-electron chi connectivity index (χ4n) is 6.81. The van der Waals surface area contributed by atoms with Crippen molar-refractivity contribution in [3.8, 4) is 28.3 Å². The Morgan fingerprint density at radius 3 is 2.32 bits per heavy atom. The van der Waals surface area contributed by atoms with Gasteiger partial charge in [-0.3, -0.25) is 4.98 Å². The summed E-state index contributed by atoms with van der Waals surface area (Å²) in [5, 5.41) is 5.69. The monoisotopic (exact) mass is 886 g/mol. The molecule has 6 aromatic carbocycles. The quantitative estimate of drug-likeness (QED) is 0.123. The molecule has 0 bridgehead atoms. The van der Waals surface area contributed by atoms with Crippen LogP contribution in [0.2, 0.25) is 19.6 Å². The SMILES string of the molecule is [2H]C([2H])(c1cc(-c2[c-]cccc2)ncc1[Si](C)(C)C)C(C)C.[Ir].[c-]1ccc2c(oc3ccccc32)c1-c1nc2ccccc2n1-c1ccc2ccccc2c1. The standard InChI is InChI=1S/C29H17N2O.C18H24NSi.Ir/c1-2-9-20-18-21(17-16-19(20)8-1)31-26-14-5-4-13-25(26)30-29(31)24-12-7-11-23-22-10-3-6-15-27(22)32-28(23)24;1-14(2)11-16-12-17(15-9-7-6-8-10-15)19-13-18(16)20(3,4)5;/h1-11,13-18H;6-9,12-14H,11H2,1-5H3;/q2*-1;/i;11D2;. The van der Waals surface area contributed by atoms with Crippen LogP contribution < -0.4 is 5.19 Å². The Morgan fingerprint density at radius 1 is 0.774 bits per heavy atom. The van der Waals surface area contributed by atoms with Crippen LogP contribution in [-0.4, -0.2) is 22.6 Å². The number of hydrogen-bond acceptors (Lipinski definition) is 3. The van der Waals surface area contributed by atoms with Gasteiger partial charge in [-0.2, -0.15) is 0 Å². The molecule has 0 fully saturated rings. The Bertz CT molecular complexity index is 2790. The fourth-order valence-corrected chi connectivity index (χ4v) is 8.22. The van der Waals surface area contributed by atoms with Crippen molar-refractivity contribution in [2.75, 3.05) is 0 Å². The van der Waals surface area contributed by atoms with Gasteiger partial charge in [0.1, 0.15) is 5.58 Å². The number of rotatable bonds is 6. The van der Waals surface area contributed by atoms with Crippen LogP contribution in [0.3, 0.4) is 0 Å². The minimum absolute atomic E-state index is 0. The molecular formula is C47H41IrN3OSi-2. The molecule has 0 aliphatic heterocycles. The molecule has 0 atom stereocenters. The largest absolute Gasteiger partial charge is 0.501 e. The molecule has 3 heterocycles. The van der Waals surface area contributed by atoms with Gasteiger partial charge in [0, 0.05) is 40.1 Å². The van der Waals surface area contributed by atoms with Gasteiger partial charge < -0.3 is 14.0 Å². The molecule has 0 spiro atoms. The first-order valence-electron chi connectivity index (χ1n) is 18.8. The number of furan rings is 1. The molecule has 53 heavy (non-hydrogen) atoms. The van der Waals surface area contributed by atoms with Crippen molar-refractivity contribution >= 4 is 57.0 Å². The molecule has 9 aromatic rings. The van der Waals surface area contributed by atoms with Gasteiger partial charge in [-0.15, -0.1) is 54.1 Å². The maximum absolute atomic E-state index is 8.55. The van der Waals surface area contributed by atoms with Crippen LogP contribution in [0, 0.1) is 18.1 Å². The predicted molar refractivity (Wildman–Crippen MR) is 220 cm³/mol. The zero-order valence-corrected chi connectivity index (χ0v) is 33.8. The number of nitrogens with zero attached hydrogens (tertiary/aromatic N) is 3. The minimum Gasteiger partial charge on any atom is -0.501 e. The third-order valence-electron chi connectivity index (χ3n) is 9.26. The van der Waals surface area contributed by atoms with Crippen molar-refractivity contribution in [1.82, 2.24) is 14.5 Å². The fraction of sp³-hybridized carbons (Fsp3) is 0.149. The van der Waals surface area contributed by atoms with Crippen molar-refractivity contribution in [3.05, 3.63) is 157 Å². The van der Waals surface area contributed by atoms with Crippen LogP contribution in [-0.2, 0) is 26.5 Å². The third kappa shape index (κ3) is 7.28. The zero-order valence-electron chi connectivity index (χ0n) is 32.4. The van der Waals surface area contributed by atoms with Crippen LogP contribution in [0.1, 0.15) is 22.2 Å². The molecule has 0 N–H and O–H groups in total. The van der Waals surface area contributed by atoms with E-state index in [4.69, 9.17) is 12.1 Å². The van der Waals surface area contributed by atoms with E-state index < -0.39 is 14.4 Å². The number of hydrogen-bond donors (Lipinski definition) is 0. The van der Waals surface area contributed by atoms with E-state index in [1.54, 1.807) is 0 Å². The Labute approximate surface area is 328 Å². The normalized spacial score (nSPS) is 12.4. The first-order chi connectivity index (χ1) is 26.0. The smallest absolute Gasteiger partial charge is 0.120 e. The molecule has 0 saturated heterocycles. The summed E-state index contributed by atoms with van der Waals surface area (Å²) < 4.78 is 25.6. The summed E-state index contributed by atoms with van der Waals surface area (Å²) in [4.78, 5) is 9.62. The minimum atomic E-state index is -1.67. The predicted octanol–water partition coefficient (Wildman–Crippen LogP) is 11.8. The molecule has 0 saturated carbocycles. The number of benzene rings is 6. The summed E-state index contributed by atoms with van der Waals surface area (Å²) in [6, 6.07) is 51.6. The van der Waals surface area contributed by atoms with Crippen molar-refractivity contribution < 1.29 is 27.3 Å². The van der Waals surface area contributed by atoms with E-state index in [0.29, 0.717) is 0 Å². The summed E-state index contributed by atoms with van der Waals surface area (Å²) in [6.45, 7) is 10.6. The van der Waals surface area contributed by atoms with Gasteiger partial charge in [0.05, 0.1) is 30.5 Å². The summed E-state index contributed by atoms with van der Waals surface area (Å²) in [6.07, 6.45) is 0.528. The molecule has 9 rings (SSSR count). The van der Waals surface area contributed by atoms with E-state index in [0.717, 1.165) is 72.1 Å². The van der Waals surface area contributed by atoms with Crippen molar-refractivity contribution in [2.45, 2.75) is 39.9 Å². The van der Waals surface area contributed by atoms with E-state index in [9.17, 15) is 0 Å². The average molecular weight is 886 g/mol. The van der Waals surface area contributed by atoms with E-state index in [-0.39, 0.29) is 26.0 Å². The van der Waals surface area contributed by atoms with Crippen LogP contribution in [0.4, 0.5) is 0 Å². The third-order valence-corrected chi connectivity index (χ3v) is 11.3. The number of fused-ring (bicyclic) bond motifs is 5. The van der Waals surface area contributed by atoms with Gasteiger partial charge in [-0.1, -0.05) is 117 Å². The first-order valence-corrected chi connectivity index (χ1v) is 21.3. The average Bonchev–Trinajstić information content (AvgIpc) is 3.77. The van der Waals surface area contributed by atoms with Gasteiger partial charge in [0.25, 0.3) is 0 Å². The molecule has 0 unspecified atom stereocenters. The first kappa shape index (κ1) is 33.7. The molecule has 0 aliphatic carbocycles. The molecule has 4 nitrogen and oxygen atoms in total. The van der Waals surface area contributed by atoms with E-state index in [1.807, 2.05) is 80.7 Å². The van der Waals surface area contributed by atoms with Crippen molar-refractivity contribution in [3.63, 3.8) is 0 Å². The van der Waals surface area contributed by atoms with Crippen LogP contribution >= 0.6 is 0 Å². The van der Waals surface area contributed by atoms with Crippen molar-refractivity contribution in [2.24, 2.45) is 5.92 Å². The van der Waals surface area contributed by atoms with Gasteiger partial charge in [0.15, 0.2) is 0 Å². The molecule has 0 amide bonds. The number of imidazole rings is 1. The second-order valence-electron chi connectivity index (χ2n) is 14.4. The summed E-state index contributed by atoms with van der Waals surface area (Å²) in [7, 11) is -1.67. The van der Waals surface area contributed by atoms with Gasteiger partial charge in [-0.05, 0) is 64.3 Å². The second kappa shape index (κ2) is 15.1. The molecule has 1 radical (unpaired) electrons.